The number of carbonyl (C=O) groups is 2. The number of nitrogens with zero attached hydrogens (tertiary/aromatic N) is 2. The number of carbonyl (C=O) groups excluding carboxylic acids is 2. The van der Waals surface area contributed by atoms with Gasteiger partial charge in [-0.2, -0.15) is 0 Å². The number of aromatic nitrogens is 1. The molecule has 0 radical (unpaired) electrons. The third kappa shape index (κ3) is 5.28. The van der Waals surface area contributed by atoms with Crippen molar-refractivity contribution in [2.24, 2.45) is 0 Å². The topological polar surface area (TPSA) is 71.5 Å². The molecule has 1 aliphatic heterocycles. The monoisotopic (exact) mass is 393 g/mol. The standard InChI is InChI=1S/C18H23N3O3S2/c1-13-6-7-15(26-13)14-12-25-18(20-14)19-8-4-5-17(23)24-11-16(22)21-9-2-3-10-21/h6-7,12H,2-5,8-11H2,1H3,(H,19,20). The molecule has 2 aromatic rings. The van der Waals surface area contributed by atoms with Gasteiger partial charge in [-0.3, -0.25) is 9.59 Å². The van der Waals surface area contributed by atoms with Gasteiger partial charge >= 0.3 is 5.97 Å². The van der Waals surface area contributed by atoms with Crippen molar-refractivity contribution >= 4 is 39.7 Å². The van der Waals surface area contributed by atoms with E-state index < -0.39 is 0 Å². The van der Waals surface area contributed by atoms with Crippen molar-refractivity contribution in [2.45, 2.75) is 32.6 Å². The van der Waals surface area contributed by atoms with Crippen molar-refractivity contribution in [2.75, 3.05) is 31.6 Å². The number of aryl methyl sites for hydroxylation is 1. The fourth-order valence-electron chi connectivity index (χ4n) is 2.74. The average Bonchev–Trinajstić information content (AvgIpc) is 3.37. The van der Waals surface area contributed by atoms with E-state index in [1.165, 1.54) is 4.88 Å². The Morgan fingerprint density at radius 2 is 2.12 bits per heavy atom. The first kappa shape index (κ1) is 18.8. The molecule has 0 saturated carbocycles. The Bertz CT molecular complexity index is 750. The second kappa shape index (κ2) is 9.14. The van der Waals surface area contributed by atoms with Crippen LogP contribution in [0.3, 0.4) is 0 Å². The summed E-state index contributed by atoms with van der Waals surface area (Å²) in [5.41, 5.74) is 0.982. The number of thiazole rings is 1. The van der Waals surface area contributed by atoms with Gasteiger partial charge in [-0.15, -0.1) is 22.7 Å². The molecular weight excluding hydrogens is 370 g/mol. The second-order valence-electron chi connectivity index (χ2n) is 6.23. The van der Waals surface area contributed by atoms with Crippen molar-refractivity contribution in [1.82, 2.24) is 9.88 Å². The van der Waals surface area contributed by atoms with Gasteiger partial charge in [0.15, 0.2) is 11.7 Å². The van der Waals surface area contributed by atoms with Crippen LogP contribution in [0, 0.1) is 6.92 Å². The number of thiophene rings is 1. The Hall–Kier alpha value is -1.93. The lowest BCUT2D eigenvalue weighted by Crippen LogP contribution is -2.32. The molecule has 3 rings (SSSR count). The number of amides is 1. The van der Waals surface area contributed by atoms with Gasteiger partial charge in [0.2, 0.25) is 0 Å². The third-order valence-electron chi connectivity index (χ3n) is 4.15. The van der Waals surface area contributed by atoms with Crippen LogP contribution < -0.4 is 5.32 Å². The van der Waals surface area contributed by atoms with Crippen LogP contribution >= 0.6 is 22.7 Å². The molecule has 1 fully saturated rings. The minimum absolute atomic E-state index is 0.0897. The first-order valence-corrected chi connectivity index (χ1v) is 10.5. The van der Waals surface area contributed by atoms with E-state index in [0.29, 0.717) is 19.4 Å². The summed E-state index contributed by atoms with van der Waals surface area (Å²) in [6, 6.07) is 4.17. The average molecular weight is 394 g/mol. The quantitative estimate of drug-likeness (QED) is 0.549. The normalized spacial score (nSPS) is 13.8. The summed E-state index contributed by atoms with van der Waals surface area (Å²) in [6.45, 7) is 4.15. The van der Waals surface area contributed by atoms with Crippen LogP contribution in [-0.2, 0) is 14.3 Å². The van der Waals surface area contributed by atoms with E-state index in [0.717, 1.165) is 41.6 Å². The van der Waals surface area contributed by atoms with E-state index in [1.807, 2.05) is 5.38 Å². The van der Waals surface area contributed by atoms with E-state index in [9.17, 15) is 9.59 Å². The number of ether oxygens (including phenoxy) is 1. The summed E-state index contributed by atoms with van der Waals surface area (Å²) in [5, 5.41) is 6.12. The van der Waals surface area contributed by atoms with Crippen molar-refractivity contribution in [3.8, 4) is 10.6 Å². The summed E-state index contributed by atoms with van der Waals surface area (Å²) >= 11 is 3.29. The highest BCUT2D eigenvalue weighted by Gasteiger charge is 2.19. The number of rotatable bonds is 8. The van der Waals surface area contributed by atoms with Gasteiger partial charge in [-0.05, 0) is 38.3 Å². The Balaban J connectivity index is 1.32. The predicted octanol–water partition coefficient (Wildman–Crippen LogP) is 3.54. The first-order valence-electron chi connectivity index (χ1n) is 8.81. The lowest BCUT2D eigenvalue weighted by molar-refractivity contribution is -0.151. The molecule has 3 heterocycles. The fraction of sp³-hybridized carbons (Fsp3) is 0.500. The molecule has 2 aromatic heterocycles. The van der Waals surface area contributed by atoms with Gasteiger partial charge in [0.1, 0.15) is 0 Å². The van der Waals surface area contributed by atoms with Gasteiger partial charge in [0, 0.05) is 36.3 Å². The molecule has 0 aromatic carbocycles. The molecule has 1 saturated heterocycles. The van der Waals surface area contributed by atoms with Crippen LogP contribution in [-0.4, -0.2) is 48.0 Å². The summed E-state index contributed by atoms with van der Waals surface area (Å²) in [5.74, 6) is -0.415. The van der Waals surface area contributed by atoms with E-state index in [-0.39, 0.29) is 18.5 Å². The molecule has 0 bridgehead atoms. The molecule has 1 N–H and O–H groups in total. The Labute approximate surface area is 161 Å². The summed E-state index contributed by atoms with van der Waals surface area (Å²) in [6.07, 6.45) is 3.01. The second-order valence-corrected chi connectivity index (χ2v) is 8.37. The van der Waals surface area contributed by atoms with Gasteiger partial charge in [-0.25, -0.2) is 4.98 Å². The van der Waals surface area contributed by atoms with Crippen LogP contribution in [0.5, 0.6) is 0 Å². The Morgan fingerprint density at radius 1 is 1.31 bits per heavy atom. The van der Waals surface area contributed by atoms with E-state index in [1.54, 1.807) is 27.6 Å². The van der Waals surface area contributed by atoms with Crippen molar-refractivity contribution < 1.29 is 14.3 Å². The summed E-state index contributed by atoms with van der Waals surface area (Å²) < 4.78 is 5.06. The number of likely N-dealkylation sites (tertiary alicyclic amines) is 1. The van der Waals surface area contributed by atoms with Gasteiger partial charge in [0.25, 0.3) is 5.91 Å². The van der Waals surface area contributed by atoms with Crippen molar-refractivity contribution in [3.63, 3.8) is 0 Å². The molecule has 140 valence electrons. The van der Waals surface area contributed by atoms with Gasteiger partial charge in [0.05, 0.1) is 10.6 Å². The number of nitrogens with one attached hydrogen (secondary N) is 1. The number of anilines is 1. The van der Waals surface area contributed by atoms with Crippen LogP contribution in [0.2, 0.25) is 0 Å². The lowest BCUT2D eigenvalue weighted by atomic mass is 10.3. The number of hydrogen-bond donors (Lipinski definition) is 1. The smallest absolute Gasteiger partial charge is 0.306 e. The van der Waals surface area contributed by atoms with E-state index >= 15 is 0 Å². The SMILES string of the molecule is Cc1ccc(-c2csc(NCCCC(=O)OCC(=O)N3CCCC3)n2)s1. The molecule has 1 aliphatic rings. The fourth-order valence-corrected chi connectivity index (χ4v) is 4.38. The highest BCUT2D eigenvalue weighted by Crippen LogP contribution is 2.30. The zero-order chi connectivity index (χ0) is 18.4. The van der Waals surface area contributed by atoms with Gasteiger partial charge in [-0.1, -0.05) is 0 Å². The largest absolute Gasteiger partial charge is 0.456 e. The van der Waals surface area contributed by atoms with Crippen LogP contribution in [0.25, 0.3) is 10.6 Å². The molecule has 1 amide bonds. The molecule has 0 spiro atoms. The van der Waals surface area contributed by atoms with E-state index in [4.69, 9.17) is 4.74 Å². The van der Waals surface area contributed by atoms with Crippen LogP contribution in [0.4, 0.5) is 5.13 Å². The molecule has 8 heteroatoms. The minimum atomic E-state index is -0.326. The third-order valence-corrected chi connectivity index (χ3v) is 5.97. The van der Waals surface area contributed by atoms with Crippen molar-refractivity contribution in [3.05, 3.63) is 22.4 Å². The Morgan fingerprint density at radius 3 is 2.85 bits per heavy atom. The molecule has 0 atom stereocenters. The van der Waals surface area contributed by atoms with Crippen LogP contribution in [0.1, 0.15) is 30.6 Å². The highest BCUT2D eigenvalue weighted by molar-refractivity contribution is 7.16. The molecule has 0 unspecified atom stereocenters. The maximum atomic E-state index is 11.8. The maximum Gasteiger partial charge on any atom is 0.306 e. The molecule has 26 heavy (non-hydrogen) atoms. The zero-order valence-corrected chi connectivity index (χ0v) is 16.5. The minimum Gasteiger partial charge on any atom is -0.456 e. The summed E-state index contributed by atoms with van der Waals surface area (Å²) in [4.78, 5) is 32.3. The Kier molecular flexibility index (Phi) is 6.62. The molecule has 0 aliphatic carbocycles. The maximum absolute atomic E-state index is 11.8. The predicted molar refractivity (Wildman–Crippen MR) is 105 cm³/mol. The summed E-state index contributed by atoms with van der Waals surface area (Å²) in [7, 11) is 0. The molecule has 6 nitrogen and oxygen atoms in total. The lowest BCUT2D eigenvalue weighted by Gasteiger charge is -2.14. The number of esters is 1. The van der Waals surface area contributed by atoms with Crippen LogP contribution in [0.15, 0.2) is 17.5 Å². The van der Waals surface area contributed by atoms with Gasteiger partial charge < -0.3 is 15.0 Å². The van der Waals surface area contributed by atoms with E-state index in [2.05, 4.69) is 29.4 Å². The zero-order valence-electron chi connectivity index (χ0n) is 14.8. The number of hydrogen-bond acceptors (Lipinski definition) is 7. The molecular formula is C18H23N3O3S2. The highest BCUT2D eigenvalue weighted by atomic mass is 32.1. The van der Waals surface area contributed by atoms with Crippen molar-refractivity contribution in [1.29, 1.82) is 0 Å². The first-order chi connectivity index (χ1) is 12.6.